The SMILES string of the molecule is CC(=O)N1CCOCC2(CN(Cc3nccs3)CCO2)C1.O=C(O)C(F)(F)F. The van der Waals surface area contributed by atoms with Crippen molar-refractivity contribution in [2.24, 2.45) is 0 Å². The van der Waals surface area contributed by atoms with Crippen LogP contribution < -0.4 is 0 Å². The van der Waals surface area contributed by atoms with Crippen molar-refractivity contribution in [2.45, 2.75) is 25.2 Å². The lowest BCUT2D eigenvalue weighted by Crippen LogP contribution is -2.58. The van der Waals surface area contributed by atoms with Crippen LogP contribution in [0, 0.1) is 0 Å². The van der Waals surface area contributed by atoms with Gasteiger partial charge in [-0.15, -0.1) is 11.3 Å². The number of halogens is 3. The number of carboxylic acid groups (broad SMARTS) is 1. The molecule has 1 aromatic heterocycles. The first-order valence-corrected chi connectivity index (χ1v) is 9.37. The van der Waals surface area contributed by atoms with Gasteiger partial charge in [-0.2, -0.15) is 13.2 Å². The Morgan fingerprint density at radius 3 is 2.61 bits per heavy atom. The molecule has 3 heterocycles. The number of rotatable bonds is 2. The first-order chi connectivity index (χ1) is 13.1. The van der Waals surface area contributed by atoms with E-state index >= 15 is 0 Å². The summed E-state index contributed by atoms with van der Waals surface area (Å²) in [5.41, 5.74) is -0.405. The normalized spacial score (nSPS) is 23.6. The average molecular weight is 425 g/mol. The van der Waals surface area contributed by atoms with Crippen LogP contribution in [0.4, 0.5) is 13.2 Å². The summed E-state index contributed by atoms with van der Waals surface area (Å²) >= 11 is 1.67. The first kappa shape index (κ1) is 22.5. The van der Waals surface area contributed by atoms with Gasteiger partial charge in [0.1, 0.15) is 10.6 Å². The highest BCUT2D eigenvalue weighted by Gasteiger charge is 2.41. The highest BCUT2D eigenvalue weighted by atomic mass is 32.1. The number of morpholine rings is 1. The molecule has 1 N–H and O–H groups in total. The Bertz CT molecular complexity index is 658. The molecule has 8 nitrogen and oxygen atoms in total. The number of carboxylic acids is 1. The predicted molar refractivity (Wildman–Crippen MR) is 92.8 cm³/mol. The monoisotopic (exact) mass is 425 g/mol. The van der Waals surface area contributed by atoms with Crippen molar-refractivity contribution in [3.05, 3.63) is 16.6 Å². The van der Waals surface area contributed by atoms with Crippen molar-refractivity contribution in [1.29, 1.82) is 0 Å². The van der Waals surface area contributed by atoms with Crippen LogP contribution in [-0.4, -0.2) is 89.5 Å². The first-order valence-electron chi connectivity index (χ1n) is 8.49. The molecule has 0 aliphatic carbocycles. The fourth-order valence-corrected chi connectivity index (χ4v) is 3.60. The van der Waals surface area contributed by atoms with Crippen molar-refractivity contribution in [3.8, 4) is 0 Å². The molecular formula is C16H22F3N3O5S. The van der Waals surface area contributed by atoms with E-state index in [1.54, 1.807) is 18.3 Å². The van der Waals surface area contributed by atoms with Gasteiger partial charge in [0.25, 0.3) is 0 Å². The summed E-state index contributed by atoms with van der Waals surface area (Å²) in [4.78, 5) is 29.1. The molecule has 0 aromatic carbocycles. The smallest absolute Gasteiger partial charge is 0.475 e. The number of hydrogen-bond acceptors (Lipinski definition) is 7. The maximum Gasteiger partial charge on any atom is 0.490 e. The molecule has 0 radical (unpaired) electrons. The van der Waals surface area contributed by atoms with Gasteiger partial charge in [0.05, 0.1) is 32.9 Å². The minimum atomic E-state index is -5.08. The zero-order valence-electron chi connectivity index (χ0n) is 15.3. The van der Waals surface area contributed by atoms with Crippen molar-refractivity contribution in [3.63, 3.8) is 0 Å². The predicted octanol–water partition coefficient (Wildman–Crippen LogP) is 1.23. The topological polar surface area (TPSA) is 92.2 Å². The number of ether oxygens (including phenoxy) is 2. The molecule has 3 rings (SSSR count). The van der Waals surface area contributed by atoms with Gasteiger partial charge in [-0.3, -0.25) is 9.69 Å². The summed E-state index contributed by atoms with van der Waals surface area (Å²) in [6, 6.07) is 0. The summed E-state index contributed by atoms with van der Waals surface area (Å²) in [6.45, 7) is 7.15. The number of nitrogens with zero attached hydrogens (tertiary/aromatic N) is 3. The van der Waals surface area contributed by atoms with Crippen molar-refractivity contribution in [2.75, 3.05) is 46.0 Å². The molecule has 0 saturated carbocycles. The van der Waals surface area contributed by atoms with Crippen LogP contribution in [0.5, 0.6) is 0 Å². The maximum absolute atomic E-state index is 11.7. The summed E-state index contributed by atoms with van der Waals surface area (Å²) in [5.74, 6) is -2.67. The van der Waals surface area contributed by atoms with Crippen LogP contribution in [0.2, 0.25) is 0 Å². The molecule has 12 heteroatoms. The third-order valence-electron chi connectivity index (χ3n) is 4.21. The Morgan fingerprint density at radius 1 is 1.32 bits per heavy atom. The molecule has 28 heavy (non-hydrogen) atoms. The lowest BCUT2D eigenvalue weighted by molar-refractivity contribution is -0.192. The molecule has 1 aromatic rings. The Balaban J connectivity index is 0.000000345. The molecule has 1 amide bonds. The van der Waals surface area contributed by atoms with Gasteiger partial charge < -0.3 is 19.5 Å². The number of amides is 1. The van der Waals surface area contributed by atoms with E-state index in [0.717, 1.165) is 24.6 Å². The van der Waals surface area contributed by atoms with E-state index < -0.39 is 17.7 Å². The Labute approximate surface area is 163 Å². The van der Waals surface area contributed by atoms with Crippen molar-refractivity contribution in [1.82, 2.24) is 14.8 Å². The van der Waals surface area contributed by atoms with Gasteiger partial charge in [0.2, 0.25) is 5.91 Å². The number of aromatic nitrogens is 1. The van der Waals surface area contributed by atoms with Gasteiger partial charge in [0, 0.05) is 38.1 Å². The third-order valence-corrected chi connectivity index (χ3v) is 4.97. The molecule has 2 saturated heterocycles. The lowest BCUT2D eigenvalue weighted by atomic mass is 10.0. The Hall–Kier alpha value is -1.76. The largest absolute Gasteiger partial charge is 0.490 e. The molecule has 1 atom stereocenters. The van der Waals surface area contributed by atoms with Gasteiger partial charge >= 0.3 is 12.1 Å². The standard InChI is InChI=1S/C14H21N3O3S.C2HF3O2/c1-12(18)17-4-5-19-11-14(10-17)9-16(3-6-20-14)8-13-15-2-7-21-13;3-2(4,5)1(6)7/h2,7H,3-6,8-11H2,1H3;(H,6,7). The number of alkyl halides is 3. The molecule has 1 unspecified atom stereocenters. The van der Waals surface area contributed by atoms with Gasteiger partial charge in [-0.25, -0.2) is 9.78 Å². The van der Waals surface area contributed by atoms with Gasteiger partial charge in [0.15, 0.2) is 0 Å². The zero-order valence-corrected chi connectivity index (χ0v) is 16.1. The van der Waals surface area contributed by atoms with Crippen molar-refractivity contribution >= 4 is 23.2 Å². The van der Waals surface area contributed by atoms with Crippen LogP contribution in [-0.2, 0) is 25.6 Å². The van der Waals surface area contributed by atoms with Crippen LogP contribution >= 0.6 is 11.3 Å². The molecule has 0 bridgehead atoms. The van der Waals surface area contributed by atoms with Crippen LogP contribution in [0.25, 0.3) is 0 Å². The van der Waals surface area contributed by atoms with Crippen molar-refractivity contribution < 1.29 is 37.3 Å². The average Bonchev–Trinajstić information content (AvgIpc) is 3.02. The second kappa shape index (κ2) is 9.63. The fourth-order valence-electron chi connectivity index (χ4n) is 2.94. The van der Waals surface area contributed by atoms with E-state index in [2.05, 4.69) is 9.88 Å². The third kappa shape index (κ3) is 6.69. The van der Waals surface area contributed by atoms with E-state index in [1.165, 1.54) is 0 Å². The van der Waals surface area contributed by atoms with Gasteiger partial charge in [-0.05, 0) is 0 Å². The molecule has 158 valence electrons. The molecule has 2 aliphatic rings. The minimum absolute atomic E-state index is 0.0838. The van der Waals surface area contributed by atoms with E-state index in [4.69, 9.17) is 19.4 Å². The summed E-state index contributed by atoms with van der Waals surface area (Å²) in [6.07, 6.45) is -3.25. The quantitative estimate of drug-likeness (QED) is 0.762. The summed E-state index contributed by atoms with van der Waals surface area (Å²) < 4.78 is 43.5. The highest BCUT2D eigenvalue weighted by Crippen LogP contribution is 2.24. The molecule has 2 fully saturated rings. The maximum atomic E-state index is 11.7. The Morgan fingerprint density at radius 2 is 2.04 bits per heavy atom. The zero-order chi connectivity index (χ0) is 20.8. The fraction of sp³-hybridized carbons (Fsp3) is 0.688. The van der Waals surface area contributed by atoms with Crippen LogP contribution in [0.15, 0.2) is 11.6 Å². The molecular weight excluding hydrogens is 403 g/mol. The van der Waals surface area contributed by atoms with E-state index in [0.29, 0.717) is 32.9 Å². The molecule has 1 spiro atoms. The Kier molecular flexibility index (Phi) is 7.75. The number of hydrogen-bond donors (Lipinski definition) is 1. The number of carbonyl (C=O) groups excluding carboxylic acids is 1. The second-order valence-electron chi connectivity index (χ2n) is 6.46. The number of thiazole rings is 1. The number of aliphatic carboxylic acids is 1. The van der Waals surface area contributed by atoms with E-state index in [1.807, 2.05) is 16.5 Å². The summed E-state index contributed by atoms with van der Waals surface area (Å²) in [5, 5.41) is 10.2. The summed E-state index contributed by atoms with van der Waals surface area (Å²) in [7, 11) is 0. The van der Waals surface area contributed by atoms with E-state index in [9.17, 15) is 18.0 Å². The highest BCUT2D eigenvalue weighted by molar-refractivity contribution is 7.09. The number of carbonyl (C=O) groups is 2. The minimum Gasteiger partial charge on any atom is -0.475 e. The second-order valence-corrected chi connectivity index (χ2v) is 7.44. The molecule has 2 aliphatic heterocycles. The van der Waals surface area contributed by atoms with Crippen LogP contribution in [0.1, 0.15) is 11.9 Å². The van der Waals surface area contributed by atoms with Crippen LogP contribution in [0.3, 0.4) is 0 Å². The van der Waals surface area contributed by atoms with E-state index in [-0.39, 0.29) is 5.91 Å². The van der Waals surface area contributed by atoms with Gasteiger partial charge in [-0.1, -0.05) is 0 Å². The lowest BCUT2D eigenvalue weighted by Gasteiger charge is -2.43.